The van der Waals surface area contributed by atoms with E-state index in [1.54, 1.807) is 28.9 Å². The van der Waals surface area contributed by atoms with Crippen LogP contribution in [0.3, 0.4) is 0 Å². The Bertz CT molecular complexity index is 1050. The number of rotatable bonds is 6. The summed E-state index contributed by atoms with van der Waals surface area (Å²) in [4.78, 5) is 28.5. The number of aromatic nitrogens is 5. The van der Waals surface area contributed by atoms with Gasteiger partial charge >= 0.3 is 0 Å². The molecular formula is C17H17N7OS2. The number of nitrogens with one attached hydrogen (secondary N) is 3. The number of carbonyl (C=O) groups is 1. The van der Waals surface area contributed by atoms with Crippen LogP contribution in [0.2, 0.25) is 0 Å². The molecule has 0 saturated carbocycles. The molecule has 0 bridgehead atoms. The number of pyridine rings is 1. The van der Waals surface area contributed by atoms with Gasteiger partial charge in [0.15, 0.2) is 0 Å². The van der Waals surface area contributed by atoms with E-state index in [1.165, 1.54) is 6.33 Å². The van der Waals surface area contributed by atoms with Crippen LogP contribution in [0.5, 0.6) is 0 Å². The van der Waals surface area contributed by atoms with Gasteiger partial charge in [-0.3, -0.25) is 14.9 Å². The second kappa shape index (κ2) is 7.41. The summed E-state index contributed by atoms with van der Waals surface area (Å²) in [5.74, 6) is 0.383. The van der Waals surface area contributed by atoms with Crippen molar-refractivity contribution in [3.63, 3.8) is 0 Å². The maximum Gasteiger partial charge on any atom is 0.255 e. The number of aromatic amines is 1. The lowest BCUT2D eigenvalue weighted by Crippen LogP contribution is -2.25. The minimum absolute atomic E-state index is 0.170. The van der Waals surface area contributed by atoms with E-state index >= 15 is 0 Å². The van der Waals surface area contributed by atoms with Gasteiger partial charge in [-0.05, 0) is 19.9 Å². The number of thiazole rings is 1. The molecule has 10 heteroatoms. The second-order valence-electron chi connectivity index (χ2n) is 6.16. The smallest absolute Gasteiger partial charge is 0.255 e. The number of thiophene rings is 1. The number of nitrogens with zero attached hydrogens (tertiary/aromatic N) is 4. The highest BCUT2D eigenvalue weighted by atomic mass is 32.1. The standard InChI is InChI=1S/C17H17N7OS2/c1-9(2)23-15-10-3-12(13-5-18-8-26-13)27-17(10)20-4-11(15)16(25)19-6-14-21-7-22-24-14/h3-5,7-9H,6H2,1-2H3,(H,19,25)(H,20,23)(H,21,22,24). The van der Waals surface area contributed by atoms with Crippen molar-refractivity contribution in [1.29, 1.82) is 0 Å². The van der Waals surface area contributed by atoms with Crippen molar-refractivity contribution in [2.24, 2.45) is 0 Å². The Morgan fingerprint density at radius 1 is 1.26 bits per heavy atom. The third-order valence-corrected chi connectivity index (χ3v) is 5.81. The van der Waals surface area contributed by atoms with Gasteiger partial charge in [-0.2, -0.15) is 5.10 Å². The average Bonchev–Trinajstić information content (AvgIpc) is 3.39. The highest BCUT2D eigenvalue weighted by Crippen LogP contribution is 2.38. The van der Waals surface area contributed by atoms with Crippen LogP contribution < -0.4 is 10.6 Å². The van der Waals surface area contributed by atoms with Crippen molar-refractivity contribution in [2.45, 2.75) is 26.4 Å². The summed E-state index contributed by atoms with van der Waals surface area (Å²) in [6.45, 7) is 4.35. The van der Waals surface area contributed by atoms with Crippen LogP contribution in [0, 0.1) is 0 Å². The molecule has 0 aliphatic carbocycles. The molecule has 0 aromatic carbocycles. The Kier molecular flexibility index (Phi) is 4.82. The quantitative estimate of drug-likeness (QED) is 0.459. The molecule has 4 aromatic rings. The second-order valence-corrected chi connectivity index (χ2v) is 8.07. The highest BCUT2D eigenvalue weighted by molar-refractivity contribution is 7.25. The summed E-state index contributed by atoms with van der Waals surface area (Å²) >= 11 is 3.18. The third-order valence-electron chi connectivity index (χ3n) is 3.80. The topological polar surface area (TPSA) is 108 Å². The van der Waals surface area contributed by atoms with Gasteiger partial charge in [0, 0.05) is 28.7 Å². The molecule has 4 aromatic heterocycles. The molecule has 4 rings (SSSR count). The first-order valence-corrected chi connectivity index (χ1v) is 10.0. The Morgan fingerprint density at radius 3 is 2.85 bits per heavy atom. The molecular weight excluding hydrogens is 382 g/mol. The van der Waals surface area contributed by atoms with Gasteiger partial charge in [0.05, 0.1) is 28.2 Å². The summed E-state index contributed by atoms with van der Waals surface area (Å²) in [5, 5.41) is 13.7. The summed E-state index contributed by atoms with van der Waals surface area (Å²) in [5.41, 5.74) is 3.10. The van der Waals surface area contributed by atoms with Crippen LogP contribution in [-0.2, 0) is 6.54 Å². The number of hydrogen-bond donors (Lipinski definition) is 3. The van der Waals surface area contributed by atoms with Crippen molar-refractivity contribution >= 4 is 44.5 Å². The highest BCUT2D eigenvalue weighted by Gasteiger charge is 2.19. The molecule has 27 heavy (non-hydrogen) atoms. The molecule has 138 valence electrons. The Morgan fingerprint density at radius 2 is 2.15 bits per heavy atom. The SMILES string of the molecule is CC(C)Nc1c(C(=O)NCc2ncn[nH]2)cnc2sc(-c3cncs3)cc12. The summed E-state index contributed by atoms with van der Waals surface area (Å²) in [6.07, 6.45) is 4.87. The van der Waals surface area contributed by atoms with Crippen LogP contribution in [0.25, 0.3) is 20.0 Å². The van der Waals surface area contributed by atoms with Crippen molar-refractivity contribution in [3.05, 3.63) is 41.7 Å². The third kappa shape index (κ3) is 3.67. The molecule has 0 unspecified atom stereocenters. The average molecular weight is 400 g/mol. The molecule has 0 radical (unpaired) electrons. The largest absolute Gasteiger partial charge is 0.382 e. The van der Waals surface area contributed by atoms with E-state index in [-0.39, 0.29) is 18.5 Å². The number of anilines is 1. The fourth-order valence-corrected chi connectivity index (χ4v) is 4.36. The summed E-state index contributed by atoms with van der Waals surface area (Å²) in [7, 11) is 0. The number of carbonyl (C=O) groups excluding carboxylic acids is 1. The Labute approximate surface area is 163 Å². The van der Waals surface area contributed by atoms with Crippen LogP contribution in [0.1, 0.15) is 30.0 Å². The van der Waals surface area contributed by atoms with Crippen molar-refractivity contribution in [1.82, 2.24) is 30.5 Å². The normalized spacial score (nSPS) is 11.2. The zero-order chi connectivity index (χ0) is 18.8. The van der Waals surface area contributed by atoms with Crippen molar-refractivity contribution in [2.75, 3.05) is 5.32 Å². The van der Waals surface area contributed by atoms with Crippen molar-refractivity contribution < 1.29 is 4.79 Å². The maximum atomic E-state index is 12.8. The lowest BCUT2D eigenvalue weighted by Gasteiger charge is -2.15. The van der Waals surface area contributed by atoms with Gasteiger partial charge in [-0.25, -0.2) is 9.97 Å². The van der Waals surface area contributed by atoms with E-state index in [2.05, 4.69) is 41.8 Å². The molecule has 0 fully saturated rings. The summed E-state index contributed by atoms with van der Waals surface area (Å²) in [6, 6.07) is 2.24. The zero-order valence-corrected chi connectivity index (χ0v) is 16.3. The molecule has 3 N–H and O–H groups in total. The van der Waals surface area contributed by atoms with Crippen LogP contribution in [0.15, 0.2) is 30.3 Å². The fraction of sp³-hybridized carbons (Fsp3) is 0.235. The monoisotopic (exact) mass is 399 g/mol. The molecule has 0 aliphatic rings. The molecule has 8 nitrogen and oxygen atoms in total. The number of hydrogen-bond acceptors (Lipinski definition) is 8. The first kappa shape index (κ1) is 17.6. The van der Waals surface area contributed by atoms with Gasteiger partial charge in [0.25, 0.3) is 5.91 Å². The first-order valence-electron chi connectivity index (χ1n) is 8.32. The molecule has 1 amide bonds. The molecule has 4 heterocycles. The number of H-pyrrole nitrogens is 1. The Hall–Kier alpha value is -2.85. The van der Waals surface area contributed by atoms with Crippen LogP contribution in [0.4, 0.5) is 5.69 Å². The summed E-state index contributed by atoms with van der Waals surface area (Å²) < 4.78 is 0. The number of fused-ring (bicyclic) bond motifs is 1. The van der Waals surface area contributed by atoms with Gasteiger partial charge < -0.3 is 10.6 Å². The van der Waals surface area contributed by atoms with E-state index in [4.69, 9.17) is 0 Å². The van der Waals surface area contributed by atoms with Gasteiger partial charge in [-0.15, -0.1) is 22.7 Å². The minimum Gasteiger partial charge on any atom is -0.382 e. The van der Waals surface area contributed by atoms with E-state index in [0.717, 1.165) is 25.7 Å². The molecule has 0 spiro atoms. The Balaban J connectivity index is 1.71. The predicted molar refractivity (Wildman–Crippen MR) is 107 cm³/mol. The van der Waals surface area contributed by atoms with Crippen LogP contribution >= 0.6 is 22.7 Å². The van der Waals surface area contributed by atoms with Gasteiger partial charge in [0.2, 0.25) is 0 Å². The predicted octanol–water partition coefficient (Wildman–Crippen LogP) is 3.29. The lowest BCUT2D eigenvalue weighted by molar-refractivity contribution is 0.0950. The van der Waals surface area contributed by atoms with Gasteiger partial charge in [0.1, 0.15) is 17.0 Å². The fourth-order valence-electron chi connectivity index (χ4n) is 2.64. The van der Waals surface area contributed by atoms with E-state index < -0.39 is 0 Å². The molecule has 0 atom stereocenters. The molecule has 0 aliphatic heterocycles. The maximum absolute atomic E-state index is 12.8. The first-order chi connectivity index (χ1) is 13.1. The van der Waals surface area contributed by atoms with E-state index in [1.807, 2.05) is 25.6 Å². The zero-order valence-electron chi connectivity index (χ0n) is 14.7. The van der Waals surface area contributed by atoms with Crippen molar-refractivity contribution in [3.8, 4) is 9.75 Å². The van der Waals surface area contributed by atoms with E-state index in [0.29, 0.717) is 11.4 Å². The minimum atomic E-state index is -0.213. The van der Waals surface area contributed by atoms with Crippen LogP contribution in [-0.4, -0.2) is 37.1 Å². The van der Waals surface area contributed by atoms with Gasteiger partial charge in [-0.1, -0.05) is 0 Å². The lowest BCUT2D eigenvalue weighted by atomic mass is 10.1. The number of amides is 1. The van der Waals surface area contributed by atoms with E-state index in [9.17, 15) is 4.79 Å². The molecule has 0 saturated heterocycles.